The van der Waals surface area contributed by atoms with Gasteiger partial charge in [0.2, 0.25) is 11.0 Å². The van der Waals surface area contributed by atoms with Crippen molar-refractivity contribution in [1.82, 2.24) is 15.2 Å². The normalized spacial score (nSPS) is 10.9. The number of oxazole rings is 1. The highest BCUT2D eigenvalue weighted by Gasteiger charge is 2.13. The Labute approximate surface area is 186 Å². The lowest BCUT2D eigenvalue weighted by Gasteiger charge is -2.00. The van der Waals surface area contributed by atoms with E-state index < -0.39 is 0 Å². The Morgan fingerprint density at radius 3 is 2.77 bits per heavy atom. The maximum Gasteiger partial charge on any atom is 0.226 e. The van der Waals surface area contributed by atoms with E-state index in [1.165, 1.54) is 34.7 Å². The number of hydrogen-bond acceptors (Lipinski definition) is 7. The molecule has 0 aliphatic carbocycles. The van der Waals surface area contributed by atoms with Crippen molar-refractivity contribution >= 4 is 34.1 Å². The first kappa shape index (κ1) is 21.2. The number of nitrogens with zero attached hydrogens (tertiary/aromatic N) is 3. The van der Waals surface area contributed by atoms with Crippen molar-refractivity contribution in [3.63, 3.8) is 0 Å². The molecule has 0 saturated carbocycles. The van der Waals surface area contributed by atoms with Gasteiger partial charge in [-0.2, -0.15) is 0 Å². The van der Waals surface area contributed by atoms with Gasteiger partial charge in [-0.15, -0.1) is 10.2 Å². The third-order valence-corrected chi connectivity index (χ3v) is 6.44. The van der Waals surface area contributed by atoms with Crippen LogP contribution in [0.15, 0.2) is 63.5 Å². The molecule has 2 heterocycles. The van der Waals surface area contributed by atoms with Crippen LogP contribution in [0.25, 0.3) is 11.3 Å². The first-order valence-corrected chi connectivity index (χ1v) is 11.4. The molecule has 4 rings (SSSR count). The van der Waals surface area contributed by atoms with Crippen LogP contribution >= 0.6 is 23.1 Å². The Balaban J connectivity index is 1.26. The lowest BCUT2D eigenvalue weighted by Crippen LogP contribution is -2.12. The molecule has 0 aliphatic heterocycles. The summed E-state index contributed by atoms with van der Waals surface area (Å²) in [6.45, 7) is 2.06. The van der Waals surface area contributed by atoms with E-state index in [1.54, 1.807) is 30.0 Å². The molecular weight excluding hydrogens is 435 g/mol. The van der Waals surface area contributed by atoms with Crippen LogP contribution in [0.3, 0.4) is 0 Å². The Morgan fingerprint density at radius 2 is 1.97 bits per heavy atom. The number of hydrogen-bond donors (Lipinski definition) is 1. The van der Waals surface area contributed by atoms with Gasteiger partial charge in [0.1, 0.15) is 5.82 Å². The fourth-order valence-corrected chi connectivity index (χ4v) is 4.49. The minimum absolute atomic E-state index is 0.169. The van der Waals surface area contributed by atoms with Gasteiger partial charge < -0.3 is 9.73 Å². The van der Waals surface area contributed by atoms with Crippen LogP contribution in [0.4, 0.5) is 9.52 Å². The Bertz CT molecular complexity index is 1170. The largest absolute Gasteiger partial charge is 0.441 e. The lowest BCUT2D eigenvalue weighted by molar-refractivity contribution is -0.116. The van der Waals surface area contributed by atoms with E-state index in [4.69, 9.17) is 4.42 Å². The maximum absolute atomic E-state index is 13.8. The molecule has 1 N–H and O–H groups in total. The SMILES string of the molecule is Cc1ccc(CSc2nnc(NC(=O)CCc3ncc(-c4ccccc4F)o3)s2)cc1. The van der Waals surface area contributed by atoms with Crippen molar-refractivity contribution in [1.29, 1.82) is 0 Å². The number of thioether (sulfide) groups is 1. The highest BCUT2D eigenvalue weighted by Crippen LogP contribution is 2.28. The molecule has 2 aromatic heterocycles. The van der Waals surface area contributed by atoms with Gasteiger partial charge in [-0.1, -0.05) is 65.1 Å². The molecule has 4 aromatic rings. The number of benzene rings is 2. The quantitative estimate of drug-likeness (QED) is 0.280. The van der Waals surface area contributed by atoms with Crippen LogP contribution < -0.4 is 5.32 Å². The molecule has 2 aromatic carbocycles. The number of carbonyl (C=O) groups excluding carboxylic acids is 1. The fraction of sp³-hybridized carbons (Fsp3) is 0.182. The molecule has 1 amide bonds. The first-order chi connectivity index (χ1) is 15.1. The summed E-state index contributed by atoms with van der Waals surface area (Å²) in [4.78, 5) is 16.4. The predicted octanol–water partition coefficient (Wildman–Crippen LogP) is 5.50. The van der Waals surface area contributed by atoms with E-state index in [0.717, 1.165) is 10.1 Å². The minimum atomic E-state index is -0.379. The third kappa shape index (κ3) is 5.77. The monoisotopic (exact) mass is 454 g/mol. The van der Waals surface area contributed by atoms with Crippen molar-refractivity contribution in [3.05, 3.63) is 77.6 Å². The van der Waals surface area contributed by atoms with Gasteiger partial charge in [0.15, 0.2) is 16.0 Å². The van der Waals surface area contributed by atoms with Crippen molar-refractivity contribution in [2.24, 2.45) is 0 Å². The summed E-state index contributed by atoms with van der Waals surface area (Å²) in [7, 11) is 0. The number of carbonyl (C=O) groups is 1. The van der Waals surface area contributed by atoms with Crippen molar-refractivity contribution in [3.8, 4) is 11.3 Å². The predicted molar refractivity (Wildman–Crippen MR) is 119 cm³/mol. The summed E-state index contributed by atoms with van der Waals surface area (Å²) in [6, 6.07) is 14.7. The second kappa shape index (κ2) is 9.84. The second-order valence-electron chi connectivity index (χ2n) is 6.79. The second-order valence-corrected chi connectivity index (χ2v) is 8.99. The number of aryl methyl sites for hydroxylation is 2. The van der Waals surface area contributed by atoms with Gasteiger partial charge in [0.05, 0.1) is 11.8 Å². The number of amides is 1. The third-order valence-electron chi connectivity index (χ3n) is 4.39. The maximum atomic E-state index is 13.8. The van der Waals surface area contributed by atoms with Crippen LogP contribution in [0.2, 0.25) is 0 Å². The summed E-state index contributed by atoms with van der Waals surface area (Å²) in [5, 5.41) is 11.3. The van der Waals surface area contributed by atoms with Gasteiger partial charge in [-0.3, -0.25) is 4.79 Å². The molecule has 0 bridgehead atoms. The zero-order valence-electron chi connectivity index (χ0n) is 16.7. The van der Waals surface area contributed by atoms with Crippen molar-refractivity contribution in [2.45, 2.75) is 29.9 Å². The standard InChI is InChI=1S/C22H19FN4O2S2/c1-14-6-8-15(9-7-14)13-30-22-27-26-21(31-22)25-19(28)10-11-20-24-12-18(29-20)16-4-2-3-5-17(16)23/h2-9,12H,10-11,13H2,1H3,(H,25,26,28). The van der Waals surface area contributed by atoms with E-state index >= 15 is 0 Å². The van der Waals surface area contributed by atoms with Gasteiger partial charge in [-0.25, -0.2) is 9.37 Å². The Morgan fingerprint density at radius 1 is 1.16 bits per heavy atom. The van der Waals surface area contributed by atoms with Gasteiger partial charge in [0, 0.05) is 18.6 Å². The fourth-order valence-electron chi connectivity index (χ4n) is 2.76. The molecule has 0 aliphatic rings. The minimum Gasteiger partial charge on any atom is -0.441 e. The van der Waals surface area contributed by atoms with Crippen LogP contribution in [-0.4, -0.2) is 21.1 Å². The number of halogens is 1. The Kier molecular flexibility index (Phi) is 6.73. The summed E-state index contributed by atoms with van der Waals surface area (Å²) in [5.74, 6) is 0.914. The summed E-state index contributed by atoms with van der Waals surface area (Å²) < 4.78 is 20.2. The zero-order chi connectivity index (χ0) is 21.6. The number of anilines is 1. The van der Waals surface area contributed by atoms with Crippen LogP contribution in [0, 0.1) is 12.7 Å². The van der Waals surface area contributed by atoms with Gasteiger partial charge >= 0.3 is 0 Å². The van der Waals surface area contributed by atoms with E-state index in [1.807, 2.05) is 0 Å². The number of aromatic nitrogens is 3. The summed E-state index contributed by atoms with van der Waals surface area (Å²) in [5.41, 5.74) is 2.77. The zero-order valence-corrected chi connectivity index (χ0v) is 18.3. The molecule has 0 fully saturated rings. The topological polar surface area (TPSA) is 80.9 Å². The van der Waals surface area contributed by atoms with Crippen LogP contribution in [0.1, 0.15) is 23.4 Å². The van der Waals surface area contributed by atoms with E-state index in [0.29, 0.717) is 28.8 Å². The molecule has 9 heteroatoms. The molecule has 0 spiro atoms. The average molecular weight is 455 g/mol. The average Bonchev–Trinajstić information content (AvgIpc) is 3.42. The molecule has 158 valence electrons. The van der Waals surface area contributed by atoms with Gasteiger partial charge in [0.25, 0.3) is 0 Å². The molecule has 6 nitrogen and oxygen atoms in total. The highest BCUT2D eigenvalue weighted by atomic mass is 32.2. The van der Waals surface area contributed by atoms with Gasteiger partial charge in [-0.05, 0) is 24.6 Å². The van der Waals surface area contributed by atoms with E-state index in [9.17, 15) is 9.18 Å². The van der Waals surface area contributed by atoms with Crippen LogP contribution in [0.5, 0.6) is 0 Å². The van der Waals surface area contributed by atoms with Crippen LogP contribution in [-0.2, 0) is 17.0 Å². The molecule has 31 heavy (non-hydrogen) atoms. The smallest absolute Gasteiger partial charge is 0.226 e. The van der Waals surface area contributed by atoms with E-state index in [-0.39, 0.29) is 18.1 Å². The number of nitrogens with one attached hydrogen (secondary N) is 1. The molecular formula is C22H19FN4O2S2. The van der Waals surface area contributed by atoms with E-state index in [2.05, 4.69) is 51.7 Å². The molecule has 0 radical (unpaired) electrons. The summed E-state index contributed by atoms with van der Waals surface area (Å²) >= 11 is 2.91. The molecule has 0 saturated heterocycles. The van der Waals surface area contributed by atoms with Crippen molar-refractivity contribution < 1.29 is 13.6 Å². The highest BCUT2D eigenvalue weighted by molar-refractivity contribution is 8.00. The lowest BCUT2D eigenvalue weighted by atomic mass is 10.2. The first-order valence-electron chi connectivity index (χ1n) is 9.58. The Hall–Kier alpha value is -3.04. The number of rotatable bonds is 8. The molecule has 0 unspecified atom stereocenters. The molecule has 0 atom stereocenters. The summed E-state index contributed by atoms with van der Waals surface area (Å²) in [6.07, 6.45) is 1.94. The van der Waals surface area contributed by atoms with Crippen molar-refractivity contribution in [2.75, 3.05) is 5.32 Å².